The van der Waals surface area contributed by atoms with Gasteiger partial charge in [-0.15, -0.1) is 0 Å². The largest absolute Gasteiger partial charge is 0.474 e. The van der Waals surface area contributed by atoms with Crippen LogP contribution in [-0.4, -0.2) is 16.9 Å². The van der Waals surface area contributed by atoms with Crippen molar-refractivity contribution >= 4 is 40.5 Å². The molecule has 0 spiro atoms. The molecule has 0 aromatic heterocycles. The van der Waals surface area contributed by atoms with E-state index in [2.05, 4.69) is 5.32 Å². The number of benzene rings is 2. The zero-order valence-corrected chi connectivity index (χ0v) is 13.8. The number of nitro benzene ring substituents is 1. The Morgan fingerprint density at radius 1 is 1.29 bits per heavy atom. The van der Waals surface area contributed by atoms with Gasteiger partial charge >= 0.3 is 5.69 Å². The van der Waals surface area contributed by atoms with E-state index in [1.807, 2.05) is 0 Å². The summed E-state index contributed by atoms with van der Waals surface area (Å²) >= 11 is 11.7. The van der Waals surface area contributed by atoms with E-state index in [-0.39, 0.29) is 10.8 Å². The summed E-state index contributed by atoms with van der Waals surface area (Å²) in [6.07, 6.45) is -1.13. The van der Waals surface area contributed by atoms with E-state index in [1.165, 1.54) is 25.1 Å². The first-order chi connectivity index (χ1) is 11.3. The number of carbonyl (C=O) groups excluding carboxylic acids is 1. The molecule has 1 N–H and O–H groups in total. The summed E-state index contributed by atoms with van der Waals surface area (Å²) in [5.41, 5.74) is -0.143. The van der Waals surface area contributed by atoms with Gasteiger partial charge in [-0.1, -0.05) is 23.2 Å². The Balaban J connectivity index is 2.14. The minimum atomic E-state index is -1.13. The number of nitrogens with one attached hydrogen (secondary N) is 1. The molecule has 9 heteroatoms. The van der Waals surface area contributed by atoms with Crippen LogP contribution in [0.2, 0.25) is 10.0 Å². The lowest BCUT2D eigenvalue weighted by Gasteiger charge is -2.15. The van der Waals surface area contributed by atoms with E-state index in [0.717, 1.165) is 18.2 Å². The van der Waals surface area contributed by atoms with Crippen molar-refractivity contribution in [1.29, 1.82) is 0 Å². The number of hydrogen-bond donors (Lipinski definition) is 1. The zero-order valence-electron chi connectivity index (χ0n) is 12.3. The number of nitro groups is 1. The van der Waals surface area contributed by atoms with Crippen LogP contribution in [0.1, 0.15) is 6.92 Å². The Bertz CT molecular complexity index is 801. The lowest BCUT2D eigenvalue weighted by molar-refractivity contribution is -0.386. The number of rotatable bonds is 5. The molecule has 0 heterocycles. The van der Waals surface area contributed by atoms with Crippen LogP contribution in [0.25, 0.3) is 0 Å². The third-order valence-corrected chi connectivity index (χ3v) is 3.53. The molecule has 2 aromatic carbocycles. The van der Waals surface area contributed by atoms with Gasteiger partial charge in [0.15, 0.2) is 6.10 Å². The highest BCUT2D eigenvalue weighted by Gasteiger charge is 2.22. The summed E-state index contributed by atoms with van der Waals surface area (Å²) in [6.45, 7) is 1.37. The van der Waals surface area contributed by atoms with Gasteiger partial charge in [-0.25, -0.2) is 4.39 Å². The van der Waals surface area contributed by atoms with Crippen LogP contribution in [0.15, 0.2) is 36.4 Å². The highest BCUT2D eigenvalue weighted by atomic mass is 35.5. The summed E-state index contributed by atoms with van der Waals surface area (Å²) in [6, 6.07) is 7.22. The van der Waals surface area contributed by atoms with Crippen molar-refractivity contribution in [3.05, 3.63) is 62.4 Å². The zero-order chi connectivity index (χ0) is 17.9. The summed E-state index contributed by atoms with van der Waals surface area (Å²) in [5.74, 6) is -1.67. The second kappa shape index (κ2) is 7.46. The molecule has 24 heavy (non-hydrogen) atoms. The van der Waals surface area contributed by atoms with Gasteiger partial charge in [-0.05, 0) is 31.2 Å². The van der Waals surface area contributed by atoms with Crippen molar-refractivity contribution in [2.45, 2.75) is 13.0 Å². The van der Waals surface area contributed by atoms with Crippen molar-refractivity contribution in [3.63, 3.8) is 0 Å². The lowest BCUT2D eigenvalue weighted by atomic mass is 10.2. The first-order valence-corrected chi connectivity index (χ1v) is 7.40. The number of anilines is 1. The molecule has 0 aliphatic rings. The monoisotopic (exact) mass is 372 g/mol. The van der Waals surface area contributed by atoms with E-state index in [1.54, 1.807) is 0 Å². The van der Waals surface area contributed by atoms with Gasteiger partial charge in [-0.3, -0.25) is 14.9 Å². The Morgan fingerprint density at radius 2 is 2.00 bits per heavy atom. The number of carbonyl (C=O) groups is 1. The Kier molecular flexibility index (Phi) is 5.58. The Labute approximate surface area is 146 Å². The van der Waals surface area contributed by atoms with Crippen LogP contribution in [0.3, 0.4) is 0 Å². The summed E-state index contributed by atoms with van der Waals surface area (Å²) in [4.78, 5) is 22.3. The lowest BCUT2D eigenvalue weighted by Crippen LogP contribution is -2.30. The van der Waals surface area contributed by atoms with Crippen LogP contribution in [-0.2, 0) is 4.79 Å². The van der Waals surface area contributed by atoms with Crippen LogP contribution < -0.4 is 10.1 Å². The standard InChI is InChI=1S/C15H11Cl2FN2O4/c1-8(15(21)19-12-4-2-9(16)6-11(12)17)24-14-7-10(18)3-5-13(14)20(22)23/h2-8H,1H3,(H,19,21)/t8-/m1/s1. The normalized spacial score (nSPS) is 11.7. The first-order valence-electron chi connectivity index (χ1n) is 6.64. The van der Waals surface area contributed by atoms with Crippen molar-refractivity contribution in [3.8, 4) is 5.75 Å². The molecule has 0 aliphatic heterocycles. The molecule has 0 aliphatic carbocycles. The third-order valence-electron chi connectivity index (χ3n) is 2.98. The Morgan fingerprint density at radius 3 is 2.62 bits per heavy atom. The highest BCUT2D eigenvalue weighted by Crippen LogP contribution is 2.29. The Hall–Kier alpha value is -2.38. The maximum absolute atomic E-state index is 13.3. The smallest absolute Gasteiger partial charge is 0.311 e. The van der Waals surface area contributed by atoms with Crippen LogP contribution in [0, 0.1) is 15.9 Å². The molecule has 0 bridgehead atoms. The molecular formula is C15H11Cl2FN2O4. The molecule has 2 rings (SSSR count). The predicted octanol–water partition coefficient (Wildman–Crippen LogP) is 4.45. The number of nitrogens with zero attached hydrogens (tertiary/aromatic N) is 1. The highest BCUT2D eigenvalue weighted by molar-refractivity contribution is 6.36. The quantitative estimate of drug-likeness (QED) is 0.620. The fourth-order valence-corrected chi connectivity index (χ4v) is 2.26. The summed E-state index contributed by atoms with van der Waals surface area (Å²) in [5, 5.41) is 14.0. The molecular weight excluding hydrogens is 362 g/mol. The van der Waals surface area contributed by atoms with Crippen molar-refractivity contribution in [2.75, 3.05) is 5.32 Å². The SMILES string of the molecule is C[C@@H](Oc1cc(F)ccc1[N+](=O)[O-])C(=O)Nc1ccc(Cl)cc1Cl. The van der Waals surface area contributed by atoms with Gasteiger partial charge in [0.1, 0.15) is 5.82 Å². The van der Waals surface area contributed by atoms with Gasteiger partial charge in [0.05, 0.1) is 15.6 Å². The van der Waals surface area contributed by atoms with Gasteiger partial charge in [0.2, 0.25) is 5.75 Å². The maximum atomic E-state index is 13.3. The fourth-order valence-electron chi connectivity index (χ4n) is 1.80. The summed E-state index contributed by atoms with van der Waals surface area (Å²) in [7, 11) is 0. The average molecular weight is 373 g/mol. The van der Waals surface area contributed by atoms with Crippen LogP contribution in [0.4, 0.5) is 15.8 Å². The molecule has 0 fully saturated rings. The second-order valence-electron chi connectivity index (χ2n) is 4.74. The number of halogens is 3. The van der Waals surface area contributed by atoms with E-state index in [4.69, 9.17) is 27.9 Å². The molecule has 1 amide bonds. The molecule has 0 saturated carbocycles. The first kappa shape index (κ1) is 18.0. The van der Waals surface area contributed by atoms with Gasteiger partial charge in [-0.2, -0.15) is 0 Å². The van der Waals surface area contributed by atoms with E-state index in [9.17, 15) is 19.3 Å². The van der Waals surface area contributed by atoms with E-state index < -0.39 is 28.4 Å². The summed E-state index contributed by atoms with van der Waals surface area (Å²) < 4.78 is 18.5. The molecule has 126 valence electrons. The minimum absolute atomic E-state index is 0.222. The molecule has 1 atom stereocenters. The van der Waals surface area contributed by atoms with Crippen LogP contribution >= 0.6 is 23.2 Å². The second-order valence-corrected chi connectivity index (χ2v) is 5.59. The average Bonchev–Trinajstić information content (AvgIpc) is 2.49. The van der Waals surface area contributed by atoms with Gasteiger partial charge in [0, 0.05) is 17.2 Å². The molecule has 0 radical (unpaired) electrons. The number of ether oxygens (including phenoxy) is 1. The molecule has 6 nitrogen and oxygen atoms in total. The minimum Gasteiger partial charge on any atom is -0.474 e. The van der Waals surface area contributed by atoms with E-state index >= 15 is 0 Å². The van der Waals surface area contributed by atoms with Crippen LogP contribution in [0.5, 0.6) is 5.75 Å². The van der Waals surface area contributed by atoms with E-state index in [0.29, 0.717) is 10.7 Å². The molecule has 0 unspecified atom stereocenters. The number of hydrogen-bond acceptors (Lipinski definition) is 4. The van der Waals surface area contributed by atoms with Crippen molar-refractivity contribution < 1.29 is 18.8 Å². The molecule has 0 saturated heterocycles. The van der Waals surface area contributed by atoms with Gasteiger partial charge < -0.3 is 10.1 Å². The van der Waals surface area contributed by atoms with Gasteiger partial charge in [0.25, 0.3) is 5.91 Å². The maximum Gasteiger partial charge on any atom is 0.311 e. The number of amides is 1. The molecule has 2 aromatic rings. The predicted molar refractivity (Wildman–Crippen MR) is 88.2 cm³/mol. The third kappa shape index (κ3) is 4.33. The van der Waals surface area contributed by atoms with Crippen molar-refractivity contribution in [2.24, 2.45) is 0 Å². The van der Waals surface area contributed by atoms with Crippen molar-refractivity contribution in [1.82, 2.24) is 0 Å². The topological polar surface area (TPSA) is 81.5 Å². The fraction of sp³-hybridized carbons (Fsp3) is 0.133.